The Kier molecular flexibility index (Phi) is 9.05. The number of ketones is 2. The van der Waals surface area contributed by atoms with Crippen molar-refractivity contribution in [1.29, 1.82) is 0 Å². The first-order valence-electron chi connectivity index (χ1n) is 12.6. The second-order valence-electron chi connectivity index (χ2n) is 9.95. The Hall–Kier alpha value is -3.42. The van der Waals surface area contributed by atoms with Crippen LogP contribution in [0, 0.1) is 0 Å². The fourth-order valence-corrected chi connectivity index (χ4v) is 5.05. The molecule has 0 aromatic heterocycles. The zero-order valence-corrected chi connectivity index (χ0v) is 21.5. The lowest BCUT2D eigenvalue weighted by Gasteiger charge is -2.40. The van der Waals surface area contributed by atoms with Crippen LogP contribution >= 0.6 is 0 Å². The Morgan fingerprint density at radius 2 is 0.881 bits per heavy atom. The normalized spacial score (nSPS) is 33.3. The monoisotopic (exact) mass is 598 g/mol. The van der Waals surface area contributed by atoms with Crippen molar-refractivity contribution in [3.05, 3.63) is 46.5 Å². The fraction of sp³-hybridized carbons (Fsp3) is 0.462. The van der Waals surface area contributed by atoms with Crippen molar-refractivity contribution in [2.45, 2.75) is 61.0 Å². The molecule has 10 atom stereocenters. The highest BCUT2D eigenvalue weighted by atomic mass is 16.6. The number of carbonyl (C=O) groups excluding carboxylic acids is 2. The standard InChI is InChI=1S/C26H30O16/c27-5-11-19(35)21(37)23(39)25(41-11)13-9(29)3-1-7(15(13)31)17(33)18(34)8-2-4-10(30)14(16(8)32)26-24(40)22(38)20(36)12(6-28)42-26/h1-4,11-12,19-32,35-40H,5-6H2/t11-,12-,19-,20-,21+,22+,23-,24-,25+,26+/m1/s1. The summed E-state index contributed by atoms with van der Waals surface area (Å²) in [4.78, 5) is 26.5. The average Bonchev–Trinajstić information content (AvgIpc) is 2.96. The molecular formula is C26H30O16. The summed E-state index contributed by atoms with van der Waals surface area (Å²) in [5, 5.41) is 122. The molecule has 0 aliphatic carbocycles. The first kappa shape index (κ1) is 31.5. The molecule has 2 aromatic carbocycles. The van der Waals surface area contributed by atoms with Crippen LogP contribution < -0.4 is 0 Å². The summed E-state index contributed by atoms with van der Waals surface area (Å²) < 4.78 is 10.7. The predicted molar refractivity (Wildman–Crippen MR) is 134 cm³/mol. The highest BCUT2D eigenvalue weighted by Gasteiger charge is 2.48. The second kappa shape index (κ2) is 12.1. The molecule has 4 rings (SSSR count). The van der Waals surface area contributed by atoms with Crippen LogP contribution in [0.3, 0.4) is 0 Å². The SMILES string of the molecule is O=C(C(=O)c1ccc(O)c([C@@H]2O[C@H](CO)[C@@H](O)[C@H](O)[C@H]2O)c1O)c1ccc(O)c([C@@H]2O[C@H](CO)[C@@H](O)[C@H](O)[C@H]2O)c1O. The van der Waals surface area contributed by atoms with Gasteiger partial charge < -0.3 is 70.8 Å². The number of aliphatic hydroxyl groups is 8. The van der Waals surface area contributed by atoms with E-state index in [2.05, 4.69) is 0 Å². The lowest BCUT2D eigenvalue weighted by atomic mass is 9.87. The van der Waals surface area contributed by atoms with Crippen LogP contribution in [0.1, 0.15) is 44.1 Å². The lowest BCUT2D eigenvalue weighted by molar-refractivity contribution is -0.232. The molecule has 2 fully saturated rings. The molecule has 2 aromatic rings. The number of phenols is 4. The molecule has 42 heavy (non-hydrogen) atoms. The van der Waals surface area contributed by atoms with Crippen LogP contribution in [0.4, 0.5) is 0 Å². The smallest absolute Gasteiger partial charge is 0.237 e. The van der Waals surface area contributed by atoms with Gasteiger partial charge in [0.25, 0.3) is 0 Å². The number of phenolic OH excluding ortho intramolecular Hbond substituents is 4. The van der Waals surface area contributed by atoms with E-state index in [1.54, 1.807) is 0 Å². The third kappa shape index (κ3) is 5.18. The minimum absolute atomic E-state index is 0.664. The lowest BCUT2D eigenvalue weighted by Crippen LogP contribution is -2.55. The Labute approximate surface area is 236 Å². The molecule has 12 N–H and O–H groups in total. The Balaban J connectivity index is 1.72. The van der Waals surface area contributed by atoms with Crippen molar-refractivity contribution in [3.63, 3.8) is 0 Å². The van der Waals surface area contributed by atoms with Gasteiger partial charge in [-0.25, -0.2) is 0 Å². The van der Waals surface area contributed by atoms with Gasteiger partial charge in [0.2, 0.25) is 11.6 Å². The molecule has 16 nitrogen and oxygen atoms in total. The number of Topliss-reactive ketones (excluding diaryl/α,β-unsaturated/α-hetero) is 2. The minimum Gasteiger partial charge on any atom is -0.507 e. The summed E-state index contributed by atoms with van der Waals surface area (Å²) in [6.07, 6.45) is -17.8. The number of carbonyl (C=O) groups is 2. The maximum absolute atomic E-state index is 13.2. The van der Waals surface area contributed by atoms with Crippen LogP contribution in [0.25, 0.3) is 0 Å². The van der Waals surface area contributed by atoms with Gasteiger partial charge in [0, 0.05) is 0 Å². The molecule has 2 aliphatic rings. The molecule has 16 heteroatoms. The number of hydrogen-bond donors (Lipinski definition) is 12. The Morgan fingerprint density at radius 3 is 1.19 bits per heavy atom. The van der Waals surface area contributed by atoms with Gasteiger partial charge in [0.05, 0.1) is 35.5 Å². The highest BCUT2D eigenvalue weighted by molar-refractivity contribution is 6.50. The van der Waals surface area contributed by atoms with E-state index in [1.807, 2.05) is 0 Å². The number of aliphatic hydroxyl groups excluding tert-OH is 8. The minimum atomic E-state index is -1.97. The van der Waals surface area contributed by atoms with Crippen LogP contribution in [0.5, 0.6) is 23.0 Å². The zero-order chi connectivity index (χ0) is 31.2. The quantitative estimate of drug-likeness (QED) is 0.109. The van der Waals surface area contributed by atoms with Gasteiger partial charge in [-0.2, -0.15) is 0 Å². The van der Waals surface area contributed by atoms with Crippen molar-refractivity contribution in [3.8, 4) is 23.0 Å². The van der Waals surface area contributed by atoms with Gasteiger partial charge in [0.1, 0.15) is 84.0 Å². The Bertz CT molecular complexity index is 1240. The van der Waals surface area contributed by atoms with Crippen LogP contribution in [-0.4, -0.2) is 135 Å². The average molecular weight is 599 g/mol. The van der Waals surface area contributed by atoms with Crippen LogP contribution in [0.2, 0.25) is 0 Å². The van der Waals surface area contributed by atoms with Gasteiger partial charge in [0.15, 0.2) is 0 Å². The topological polar surface area (TPSA) is 295 Å². The van der Waals surface area contributed by atoms with E-state index in [-0.39, 0.29) is 0 Å². The number of rotatable bonds is 7. The van der Waals surface area contributed by atoms with Crippen molar-refractivity contribution in [2.24, 2.45) is 0 Å². The summed E-state index contributed by atoms with van der Waals surface area (Å²) in [6.45, 7) is -1.67. The van der Waals surface area contributed by atoms with Gasteiger partial charge >= 0.3 is 0 Å². The van der Waals surface area contributed by atoms with Gasteiger partial charge in [-0.1, -0.05) is 0 Å². The highest BCUT2D eigenvalue weighted by Crippen LogP contribution is 2.45. The maximum atomic E-state index is 13.2. The first-order valence-corrected chi connectivity index (χ1v) is 12.6. The third-order valence-corrected chi connectivity index (χ3v) is 7.44. The molecule has 0 saturated carbocycles. The van der Waals surface area contributed by atoms with E-state index in [9.17, 15) is 70.9 Å². The molecule has 230 valence electrons. The molecule has 2 heterocycles. The summed E-state index contributed by atoms with van der Waals surface area (Å²) in [7, 11) is 0. The van der Waals surface area contributed by atoms with E-state index in [1.165, 1.54) is 0 Å². The summed E-state index contributed by atoms with van der Waals surface area (Å²) in [5.74, 6) is -6.63. The summed E-state index contributed by atoms with van der Waals surface area (Å²) in [6, 6.07) is 3.36. The van der Waals surface area contributed by atoms with E-state index in [0.717, 1.165) is 24.3 Å². The number of ether oxygens (including phenoxy) is 2. The number of benzene rings is 2. The van der Waals surface area contributed by atoms with E-state index in [0.29, 0.717) is 0 Å². The molecule has 2 saturated heterocycles. The largest absolute Gasteiger partial charge is 0.507 e. The summed E-state index contributed by atoms with van der Waals surface area (Å²) in [5.41, 5.74) is -2.87. The molecule has 0 amide bonds. The Morgan fingerprint density at radius 1 is 0.548 bits per heavy atom. The van der Waals surface area contributed by atoms with Crippen molar-refractivity contribution >= 4 is 11.6 Å². The maximum Gasteiger partial charge on any atom is 0.237 e. The predicted octanol–water partition coefficient (Wildman–Crippen LogP) is -3.40. The molecular weight excluding hydrogens is 568 g/mol. The summed E-state index contributed by atoms with van der Waals surface area (Å²) >= 11 is 0. The van der Waals surface area contributed by atoms with E-state index >= 15 is 0 Å². The number of aromatic hydroxyl groups is 4. The third-order valence-electron chi connectivity index (χ3n) is 7.44. The van der Waals surface area contributed by atoms with Crippen LogP contribution in [0.15, 0.2) is 24.3 Å². The zero-order valence-electron chi connectivity index (χ0n) is 21.5. The molecule has 0 radical (unpaired) electrons. The van der Waals surface area contributed by atoms with Gasteiger partial charge in [-0.3, -0.25) is 9.59 Å². The van der Waals surface area contributed by atoms with E-state index in [4.69, 9.17) is 9.47 Å². The number of hydrogen-bond acceptors (Lipinski definition) is 16. The van der Waals surface area contributed by atoms with Gasteiger partial charge in [-0.05, 0) is 24.3 Å². The van der Waals surface area contributed by atoms with Crippen molar-refractivity contribution < 1.29 is 80.3 Å². The van der Waals surface area contributed by atoms with Crippen molar-refractivity contribution in [1.82, 2.24) is 0 Å². The van der Waals surface area contributed by atoms with Gasteiger partial charge in [-0.15, -0.1) is 0 Å². The van der Waals surface area contributed by atoms with Crippen molar-refractivity contribution in [2.75, 3.05) is 13.2 Å². The second-order valence-corrected chi connectivity index (χ2v) is 9.95. The first-order chi connectivity index (χ1) is 19.8. The molecule has 2 aliphatic heterocycles. The molecule has 0 unspecified atom stereocenters. The molecule has 0 bridgehead atoms. The molecule has 0 spiro atoms. The van der Waals surface area contributed by atoms with Crippen LogP contribution in [-0.2, 0) is 9.47 Å². The van der Waals surface area contributed by atoms with E-state index < -0.39 is 131 Å². The fourth-order valence-electron chi connectivity index (χ4n) is 5.05.